The van der Waals surface area contributed by atoms with Crippen LogP contribution in [0, 0.1) is 0 Å². The molecule has 1 aromatic rings. The number of aromatic hydroxyl groups is 1. The van der Waals surface area contributed by atoms with Crippen LogP contribution in [-0.4, -0.2) is 28.9 Å². The summed E-state index contributed by atoms with van der Waals surface area (Å²) in [6, 6.07) is 1.26. The second-order valence-electron chi connectivity index (χ2n) is 3.19. The third kappa shape index (κ3) is 3.07. The molecule has 0 aliphatic carbocycles. The second-order valence-corrected chi connectivity index (χ2v) is 3.19. The highest BCUT2D eigenvalue weighted by Crippen LogP contribution is 2.12. The Morgan fingerprint density at radius 1 is 1.41 bits per heavy atom. The van der Waals surface area contributed by atoms with Crippen molar-refractivity contribution in [2.75, 3.05) is 13.2 Å². The van der Waals surface area contributed by atoms with Crippen LogP contribution in [0.2, 0.25) is 0 Å². The maximum Gasteiger partial charge on any atom is 0.347 e. The first-order chi connectivity index (χ1) is 8.11. The van der Waals surface area contributed by atoms with Crippen LogP contribution in [0.4, 0.5) is 0 Å². The zero-order valence-corrected chi connectivity index (χ0v) is 9.80. The molecule has 17 heavy (non-hydrogen) atoms. The summed E-state index contributed by atoms with van der Waals surface area (Å²) in [4.78, 5) is 23.3. The molecular formula is C11H15NO5. The first-order valence-corrected chi connectivity index (χ1v) is 5.29. The summed E-state index contributed by atoms with van der Waals surface area (Å²) in [6.45, 7) is 4.02. The van der Waals surface area contributed by atoms with Crippen LogP contribution in [0.5, 0.6) is 5.75 Å². The quantitative estimate of drug-likeness (QED) is 0.769. The van der Waals surface area contributed by atoms with Crippen LogP contribution in [0.1, 0.15) is 24.2 Å². The van der Waals surface area contributed by atoms with Gasteiger partial charge in [-0.2, -0.15) is 0 Å². The van der Waals surface area contributed by atoms with Gasteiger partial charge in [-0.15, -0.1) is 0 Å². The van der Waals surface area contributed by atoms with E-state index in [1.165, 1.54) is 16.8 Å². The lowest BCUT2D eigenvalue weighted by molar-refractivity contribution is 0.0515. The van der Waals surface area contributed by atoms with Crippen LogP contribution < -0.4 is 5.56 Å². The fourth-order valence-electron chi connectivity index (χ4n) is 1.25. The predicted octanol–water partition coefficient (Wildman–Crippen LogP) is 0.725. The highest BCUT2D eigenvalue weighted by Gasteiger charge is 2.18. The van der Waals surface area contributed by atoms with Crippen LogP contribution in [0.15, 0.2) is 17.1 Å². The van der Waals surface area contributed by atoms with E-state index in [-0.39, 0.29) is 24.7 Å². The molecule has 0 unspecified atom stereocenters. The molecule has 0 atom stereocenters. The van der Waals surface area contributed by atoms with Gasteiger partial charge in [-0.05, 0) is 19.9 Å². The van der Waals surface area contributed by atoms with Crippen molar-refractivity contribution in [1.82, 2.24) is 4.57 Å². The minimum Gasteiger partial charge on any atom is -0.507 e. The monoisotopic (exact) mass is 241 g/mol. The van der Waals surface area contributed by atoms with Gasteiger partial charge in [-0.3, -0.25) is 9.36 Å². The Morgan fingerprint density at radius 3 is 2.71 bits per heavy atom. The maximum absolute atomic E-state index is 11.8. The van der Waals surface area contributed by atoms with Crippen molar-refractivity contribution in [3.63, 3.8) is 0 Å². The Morgan fingerprint density at radius 2 is 2.12 bits per heavy atom. The number of rotatable bonds is 5. The van der Waals surface area contributed by atoms with Crippen molar-refractivity contribution in [3.8, 4) is 5.75 Å². The van der Waals surface area contributed by atoms with Crippen LogP contribution >= 0.6 is 0 Å². The average molecular weight is 241 g/mol. The third-order valence-corrected chi connectivity index (χ3v) is 2.06. The van der Waals surface area contributed by atoms with Crippen molar-refractivity contribution < 1.29 is 19.4 Å². The Balaban J connectivity index is 3.11. The molecule has 0 aromatic carbocycles. The van der Waals surface area contributed by atoms with Crippen LogP contribution in [0.3, 0.4) is 0 Å². The molecule has 0 aliphatic rings. The Bertz CT molecular complexity index is 452. The molecule has 0 aliphatic heterocycles. The molecule has 94 valence electrons. The van der Waals surface area contributed by atoms with Gasteiger partial charge in [0.25, 0.3) is 5.56 Å². The molecule has 1 aromatic heterocycles. The van der Waals surface area contributed by atoms with E-state index in [9.17, 15) is 14.7 Å². The number of aromatic nitrogens is 1. The van der Waals surface area contributed by atoms with Gasteiger partial charge in [0.1, 0.15) is 12.5 Å². The molecular weight excluding hydrogens is 226 g/mol. The predicted molar refractivity (Wildman–Crippen MR) is 59.9 cm³/mol. The summed E-state index contributed by atoms with van der Waals surface area (Å²) in [5.74, 6) is -1.22. The van der Waals surface area contributed by atoms with E-state index in [0.29, 0.717) is 6.61 Å². The highest BCUT2D eigenvalue weighted by molar-refractivity contribution is 5.91. The smallest absolute Gasteiger partial charge is 0.347 e. The molecule has 0 amide bonds. The van der Waals surface area contributed by atoms with Gasteiger partial charge < -0.3 is 14.6 Å². The molecule has 1 N–H and O–H groups in total. The van der Waals surface area contributed by atoms with E-state index in [0.717, 1.165) is 0 Å². The molecule has 1 rings (SSSR count). The van der Waals surface area contributed by atoms with Gasteiger partial charge in [-0.25, -0.2) is 4.79 Å². The SMILES string of the molecule is CCOCn1ccc(O)c(C(=O)OCC)c1=O. The van der Waals surface area contributed by atoms with E-state index in [4.69, 9.17) is 9.47 Å². The lowest BCUT2D eigenvalue weighted by Crippen LogP contribution is -2.27. The Hall–Kier alpha value is -1.82. The fraction of sp³-hybridized carbons (Fsp3) is 0.455. The first kappa shape index (κ1) is 13.2. The molecule has 6 heteroatoms. The third-order valence-electron chi connectivity index (χ3n) is 2.06. The van der Waals surface area contributed by atoms with Crippen LogP contribution in [0.25, 0.3) is 0 Å². The molecule has 0 spiro atoms. The summed E-state index contributed by atoms with van der Waals surface area (Å²) in [6.07, 6.45) is 1.36. The number of carbonyl (C=O) groups excluding carboxylic acids is 1. The van der Waals surface area contributed by atoms with Crippen molar-refractivity contribution in [3.05, 3.63) is 28.2 Å². The maximum atomic E-state index is 11.8. The Labute approximate surface area is 98.4 Å². The number of ether oxygens (including phenoxy) is 2. The van der Waals surface area contributed by atoms with Crippen molar-refractivity contribution in [2.24, 2.45) is 0 Å². The van der Waals surface area contributed by atoms with E-state index in [1.54, 1.807) is 13.8 Å². The number of nitrogens with zero attached hydrogens (tertiary/aromatic N) is 1. The van der Waals surface area contributed by atoms with Gasteiger partial charge in [0, 0.05) is 12.8 Å². The summed E-state index contributed by atoms with van der Waals surface area (Å²) in [5.41, 5.74) is -0.994. The normalized spacial score (nSPS) is 10.2. The molecule has 6 nitrogen and oxygen atoms in total. The van der Waals surface area contributed by atoms with E-state index < -0.39 is 11.5 Å². The molecule has 0 saturated heterocycles. The largest absolute Gasteiger partial charge is 0.507 e. The zero-order valence-electron chi connectivity index (χ0n) is 9.80. The molecule has 0 bridgehead atoms. The summed E-state index contributed by atoms with van der Waals surface area (Å²) in [5, 5.41) is 9.48. The molecule has 1 heterocycles. The average Bonchev–Trinajstić information content (AvgIpc) is 2.28. The molecule has 0 radical (unpaired) electrons. The van der Waals surface area contributed by atoms with Crippen molar-refractivity contribution in [2.45, 2.75) is 20.6 Å². The number of esters is 1. The molecule has 0 fully saturated rings. The van der Waals surface area contributed by atoms with E-state index in [1.807, 2.05) is 0 Å². The number of hydrogen-bond acceptors (Lipinski definition) is 5. The van der Waals surface area contributed by atoms with E-state index in [2.05, 4.69) is 0 Å². The topological polar surface area (TPSA) is 77.8 Å². The standard InChI is InChI=1S/C11H15NO5/c1-3-16-7-12-6-5-8(13)9(10(12)14)11(15)17-4-2/h5-6,13H,3-4,7H2,1-2H3. The van der Waals surface area contributed by atoms with E-state index >= 15 is 0 Å². The van der Waals surface area contributed by atoms with Crippen molar-refractivity contribution in [1.29, 1.82) is 0 Å². The molecule has 0 saturated carbocycles. The van der Waals surface area contributed by atoms with Gasteiger partial charge in [0.05, 0.1) is 6.61 Å². The first-order valence-electron chi connectivity index (χ1n) is 5.29. The minimum absolute atomic E-state index is 0.0298. The van der Waals surface area contributed by atoms with Gasteiger partial charge in [0.2, 0.25) is 0 Å². The zero-order chi connectivity index (χ0) is 12.8. The fourth-order valence-corrected chi connectivity index (χ4v) is 1.25. The van der Waals surface area contributed by atoms with Gasteiger partial charge in [-0.1, -0.05) is 0 Å². The minimum atomic E-state index is -0.833. The van der Waals surface area contributed by atoms with Gasteiger partial charge in [0.15, 0.2) is 5.56 Å². The summed E-state index contributed by atoms with van der Waals surface area (Å²) >= 11 is 0. The lowest BCUT2D eigenvalue weighted by Gasteiger charge is -2.08. The number of hydrogen-bond donors (Lipinski definition) is 1. The summed E-state index contributed by atoms with van der Waals surface area (Å²) < 4.78 is 11.0. The Kier molecular flexibility index (Phi) is 4.71. The van der Waals surface area contributed by atoms with Gasteiger partial charge >= 0.3 is 5.97 Å². The number of pyridine rings is 1. The number of carbonyl (C=O) groups is 1. The van der Waals surface area contributed by atoms with Crippen molar-refractivity contribution >= 4 is 5.97 Å². The second kappa shape index (κ2) is 6.05. The highest BCUT2D eigenvalue weighted by atomic mass is 16.5. The lowest BCUT2D eigenvalue weighted by atomic mass is 10.2. The van der Waals surface area contributed by atoms with Crippen LogP contribution in [-0.2, 0) is 16.2 Å². The summed E-state index contributed by atoms with van der Waals surface area (Å²) in [7, 11) is 0.